The van der Waals surface area contributed by atoms with E-state index in [1.54, 1.807) is 31.4 Å². The lowest BCUT2D eigenvalue weighted by molar-refractivity contribution is -0.306. The maximum absolute atomic E-state index is 12.2. The van der Waals surface area contributed by atoms with Crippen LogP contribution in [0.5, 0.6) is 5.75 Å². The number of hydrogen-bond donors (Lipinski definition) is 1. The molecule has 0 fully saturated rings. The zero-order valence-corrected chi connectivity index (χ0v) is 12.8. The number of carbonyl (C=O) groups excluding carboxylic acids is 2. The van der Waals surface area contributed by atoms with Crippen LogP contribution in [-0.4, -0.2) is 19.0 Å². The fourth-order valence-electron chi connectivity index (χ4n) is 2.34. The number of carboxylic acid groups (broad SMARTS) is 1. The lowest BCUT2D eigenvalue weighted by Crippen LogP contribution is -2.26. The highest BCUT2D eigenvalue weighted by Crippen LogP contribution is 2.24. The average molecular weight is 312 g/mol. The van der Waals surface area contributed by atoms with Gasteiger partial charge < -0.3 is 20.0 Å². The topological polar surface area (TPSA) is 78.5 Å². The molecule has 0 radical (unpaired) electrons. The summed E-state index contributed by atoms with van der Waals surface area (Å²) in [5, 5.41) is 13.7. The SMILES string of the molecule is COc1ccc(NC(=O)C[C@H](CC(=O)[O-])c2ccccc2)cc1. The van der Waals surface area contributed by atoms with E-state index in [0.29, 0.717) is 11.4 Å². The summed E-state index contributed by atoms with van der Waals surface area (Å²) in [6.45, 7) is 0. The van der Waals surface area contributed by atoms with Crippen LogP contribution in [0.2, 0.25) is 0 Å². The molecule has 0 aliphatic heterocycles. The number of hydrogen-bond acceptors (Lipinski definition) is 4. The minimum Gasteiger partial charge on any atom is -0.550 e. The molecule has 2 aromatic carbocycles. The molecular weight excluding hydrogens is 294 g/mol. The van der Waals surface area contributed by atoms with E-state index in [1.807, 2.05) is 30.3 Å². The molecule has 1 atom stereocenters. The van der Waals surface area contributed by atoms with Gasteiger partial charge in [0.2, 0.25) is 5.91 Å². The van der Waals surface area contributed by atoms with Crippen LogP contribution in [0.4, 0.5) is 5.69 Å². The van der Waals surface area contributed by atoms with Crippen LogP contribution in [-0.2, 0) is 9.59 Å². The number of benzene rings is 2. The number of nitrogens with one attached hydrogen (secondary N) is 1. The fraction of sp³-hybridized carbons (Fsp3) is 0.222. The van der Waals surface area contributed by atoms with Crippen LogP contribution >= 0.6 is 0 Å². The summed E-state index contributed by atoms with van der Waals surface area (Å²) in [5.41, 5.74) is 1.44. The van der Waals surface area contributed by atoms with Gasteiger partial charge in [-0.1, -0.05) is 30.3 Å². The van der Waals surface area contributed by atoms with Gasteiger partial charge in [-0.15, -0.1) is 0 Å². The molecule has 0 heterocycles. The Morgan fingerprint density at radius 2 is 1.70 bits per heavy atom. The van der Waals surface area contributed by atoms with E-state index in [4.69, 9.17) is 4.74 Å². The number of carbonyl (C=O) groups is 2. The Morgan fingerprint density at radius 3 is 2.26 bits per heavy atom. The van der Waals surface area contributed by atoms with Crippen molar-refractivity contribution in [3.63, 3.8) is 0 Å². The lowest BCUT2D eigenvalue weighted by Gasteiger charge is -2.17. The van der Waals surface area contributed by atoms with Crippen LogP contribution < -0.4 is 15.2 Å². The lowest BCUT2D eigenvalue weighted by atomic mass is 9.92. The van der Waals surface area contributed by atoms with Crippen LogP contribution in [0.15, 0.2) is 54.6 Å². The van der Waals surface area contributed by atoms with Crippen molar-refractivity contribution in [3.05, 3.63) is 60.2 Å². The average Bonchev–Trinajstić information content (AvgIpc) is 2.55. The van der Waals surface area contributed by atoms with Crippen LogP contribution in [0.1, 0.15) is 24.3 Å². The Balaban J connectivity index is 2.03. The molecule has 0 bridgehead atoms. The number of anilines is 1. The number of ether oxygens (including phenoxy) is 1. The molecule has 0 unspecified atom stereocenters. The first-order chi connectivity index (χ1) is 11.1. The molecule has 0 saturated carbocycles. The fourth-order valence-corrected chi connectivity index (χ4v) is 2.34. The number of methoxy groups -OCH3 is 1. The molecular formula is C18H18NO4-. The molecule has 23 heavy (non-hydrogen) atoms. The van der Waals surface area contributed by atoms with Gasteiger partial charge in [-0.05, 0) is 42.2 Å². The first kappa shape index (κ1) is 16.5. The molecule has 1 N–H and O–H groups in total. The molecule has 5 heteroatoms. The van der Waals surface area contributed by atoms with E-state index in [2.05, 4.69) is 5.32 Å². The van der Waals surface area contributed by atoms with Gasteiger partial charge >= 0.3 is 0 Å². The van der Waals surface area contributed by atoms with E-state index < -0.39 is 11.9 Å². The van der Waals surface area contributed by atoms with Gasteiger partial charge in [-0.25, -0.2) is 0 Å². The molecule has 120 valence electrons. The summed E-state index contributed by atoms with van der Waals surface area (Å²) in [7, 11) is 1.57. The van der Waals surface area contributed by atoms with Gasteiger partial charge in [0.05, 0.1) is 7.11 Å². The smallest absolute Gasteiger partial charge is 0.224 e. The summed E-state index contributed by atoms with van der Waals surface area (Å²) in [6, 6.07) is 16.1. The Kier molecular flexibility index (Phi) is 5.74. The molecule has 0 aliphatic carbocycles. The van der Waals surface area contributed by atoms with Gasteiger partial charge in [-0.2, -0.15) is 0 Å². The van der Waals surface area contributed by atoms with Gasteiger partial charge in [0.25, 0.3) is 0 Å². The highest BCUT2D eigenvalue weighted by atomic mass is 16.5. The van der Waals surface area contributed by atoms with Crippen molar-refractivity contribution in [1.29, 1.82) is 0 Å². The Labute approximate surface area is 134 Å². The van der Waals surface area contributed by atoms with E-state index in [9.17, 15) is 14.7 Å². The molecule has 2 aromatic rings. The van der Waals surface area contributed by atoms with Crippen molar-refractivity contribution in [3.8, 4) is 5.75 Å². The number of aliphatic carboxylic acids is 1. The van der Waals surface area contributed by atoms with Gasteiger partial charge in [0, 0.05) is 18.1 Å². The predicted octanol–water partition coefficient (Wildman–Crippen LogP) is 1.95. The normalized spacial score (nSPS) is 11.5. The van der Waals surface area contributed by atoms with Crippen molar-refractivity contribution in [1.82, 2.24) is 0 Å². The van der Waals surface area contributed by atoms with Crippen LogP contribution in [0.3, 0.4) is 0 Å². The number of amides is 1. The summed E-state index contributed by atoms with van der Waals surface area (Å²) in [4.78, 5) is 23.1. The third-order valence-electron chi connectivity index (χ3n) is 3.49. The standard InChI is InChI=1S/C18H19NO4/c1-23-16-9-7-15(8-10-16)19-17(20)11-14(12-18(21)22)13-5-3-2-4-6-13/h2-10,14H,11-12H2,1H3,(H,19,20)(H,21,22)/p-1/t14-/m1/s1. The van der Waals surface area contributed by atoms with Gasteiger partial charge in [-0.3, -0.25) is 4.79 Å². The van der Waals surface area contributed by atoms with Crippen LogP contribution in [0, 0.1) is 0 Å². The van der Waals surface area contributed by atoms with Crippen molar-refractivity contribution in [2.24, 2.45) is 0 Å². The van der Waals surface area contributed by atoms with Crippen molar-refractivity contribution in [2.45, 2.75) is 18.8 Å². The highest BCUT2D eigenvalue weighted by Gasteiger charge is 2.16. The van der Waals surface area contributed by atoms with Gasteiger partial charge in [0.1, 0.15) is 5.75 Å². The maximum Gasteiger partial charge on any atom is 0.224 e. The second-order valence-electron chi connectivity index (χ2n) is 5.16. The monoisotopic (exact) mass is 312 g/mol. The second kappa shape index (κ2) is 7.98. The Morgan fingerprint density at radius 1 is 1.04 bits per heavy atom. The first-order valence-corrected chi connectivity index (χ1v) is 7.27. The summed E-state index contributed by atoms with van der Waals surface area (Å²) >= 11 is 0. The quantitative estimate of drug-likeness (QED) is 0.847. The number of rotatable bonds is 7. The van der Waals surface area contributed by atoms with E-state index in [-0.39, 0.29) is 18.7 Å². The third kappa shape index (κ3) is 5.14. The molecule has 0 aliphatic rings. The zero-order chi connectivity index (χ0) is 16.7. The molecule has 0 spiro atoms. The molecule has 5 nitrogen and oxygen atoms in total. The summed E-state index contributed by atoms with van der Waals surface area (Å²) in [5.74, 6) is -1.14. The van der Waals surface area contributed by atoms with E-state index in [0.717, 1.165) is 5.56 Å². The van der Waals surface area contributed by atoms with Gasteiger partial charge in [0.15, 0.2) is 0 Å². The second-order valence-corrected chi connectivity index (χ2v) is 5.16. The Bertz CT molecular complexity index is 652. The zero-order valence-electron chi connectivity index (χ0n) is 12.8. The highest BCUT2D eigenvalue weighted by molar-refractivity contribution is 5.91. The molecule has 0 aromatic heterocycles. The van der Waals surface area contributed by atoms with Crippen molar-refractivity contribution in [2.75, 3.05) is 12.4 Å². The molecule has 1 amide bonds. The first-order valence-electron chi connectivity index (χ1n) is 7.27. The molecule has 0 saturated heterocycles. The minimum atomic E-state index is -1.17. The Hall–Kier alpha value is -2.82. The largest absolute Gasteiger partial charge is 0.550 e. The molecule has 2 rings (SSSR count). The third-order valence-corrected chi connectivity index (χ3v) is 3.49. The van der Waals surface area contributed by atoms with E-state index >= 15 is 0 Å². The van der Waals surface area contributed by atoms with E-state index in [1.165, 1.54) is 0 Å². The number of carboxylic acids is 1. The summed E-state index contributed by atoms with van der Waals surface area (Å²) in [6.07, 6.45) is -0.121. The van der Waals surface area contributed by atoms with Crippen molar-refractivity contribution >= 4 is 17.6 Å². The summed E-state index contributed by atoms with van der Waals surface area (Å²) < 4.78 is 5.06. The maximum atomic E-state index is 12.2. The minimum absolute atomic E-state index is 0.0734. The van der Waals surface area contributed by atoms with Crippen LogP contribution in [0.25, 0.3) is 0 Å². The van der Waals surface area contributed by atoms with Crippen molar-refractivity contribution < 1.29 is 19.4 Å². The predicted molar refractivity (Wildman–Crippen MR) is 85.0 cm³/mol.